The van der Waals surface area contributed by atoms with Gasteiger partial charge in [0, 0.05) is 38.8 Å². The summed E-state index contributed by atoms with van der Waals surface area (Å²) < 4.78 is 20.1. The van der Waals surface area contributed by atoms with Gasteiger partial charge in [0.1, 0.15) is 5.82 Å². The zero-order valence-electron chi connectivity index (χ0n) is 23.5. The highest BCUT2D eigenvalue weighted by Crippen LogP contribution is 2.39. The molecular formula is C26H34BFN4O11. The second-order valence-electron chi connectivity index (χ2n) is 10.1. The Kier molecular flexibility index (Phi) is 10.0. The van der Waals surface area contributed by atoms with E-state index in [0.717, 1.165) is 12.6 Å². The molecule has 2 saturated heterocycles. The minimum Gasteiger partial charge on any atom is -0.505 e. The van der Waals surface area contributed by atoms with Crippen molar-refractivity contribution in [3.63, 3.8) is 0 Å². The Hall–Kier alpha value is -3.84. The highest BCUT2D eigenvalue weighted by atomic mass is 19.1. The number of rotatable bonds is 11. The van der Waals surface area contributed by atoms with E-state index in [0.29, 0.717) is 32.8 Å². The molecule has 234 valence electrons. The zero-order valence-corrected chi connectivity index (χ0v) is 23.5. The molecule has 43 heavy (non-hydrogen) atoms. The highest BCUT2D eigenvalue weighted by Gasteiger charge is 2.71. The van der Waals surface area contributed by atoms with Crippen LogP contribution in [0.25, 0.3) is 0 Å². The van der Waals surface area contributed by atoms with Gasteiger partial charge in [0.05, 0.1) is 25.3 Å². The molecule has 9 N–H and O–H groups in total. The Morgan fingerprint density at radius 3 is 2.37 bits per heavy atom. The average Bonchev–Trinajstić information content (AvgIpc) is 3.33. The lowest BCUT2D eigenvalue weighted by Gasteiger charge is -2.46. The molecule has 0 spiro atoms. The van der Waals surface area contributed by atoms with Gasteiger partial charge in [-0.2, -0.15) is 0 Å². The fraction of sp³-hybridized carbons (Fsp3) is 0.423. The Balaban J connectivity index is 2.03. The molecule has 2 heterocycles. The minimum atomic E-state index is -4.44. The van der Waals surface area contributed by atoms with Crippen molar-refractivity contribution in [1.82, 2.24) is 20.4 Å². The van der Waals surface area contributed by atoms with Gasteiger partial charge >= 0.3 is 0 Å². The Bertz CT molecular complexity index is 1360. The van der Waals surface area contributed by atoms with Gasteiger partial charge in [-0.3, -0.25) is 24.2 Å². The Morgan fingerprint density at radius 2 is 1.81 bits per heavy atom. The van der Waals surface area contributed by atoms with E-state index >= 15 is 0 Å². The van der Waals surface area contributed by atoms with E-state index < -0.39 is 64.9 Å². The zero-order chi connectivity index (χ0) is 32.3. The maximum Gasteiger partial charge on any atom is 0.285 e. The summed E-state index contributed by atoms with van der Waals surface area (Å²) in [6.07, 6.45) is -0.795. The highest BCUT2D eigenvalue weighted by molar-refractivity contribution is 6.23. The van der Waals surface area contributed by atoms with Crippen molar-refractivity contribution in [2.45, 2.75) is 30.4 Å². The number of aliphatic hydroxyl groups excluding tert-OH is 2. The maximum absolute atomic E-state index is 14.7. The first kappa shape index (κ1) is 33.7. The average molecular weight is 608 g/mol. The fourth-order valence-corrected chi connectivity index (χ4v) is 4.72. The van der Waals surface area contributed by atoms with Gasteiger partial charge in [0.15, 0.2) is 25.7 Å². The second-order valence-corrected chi connectivity index (χ2v) is 10.1. The number of aldehydes is 1. The van der Waals surface area contributed by atoms with E-state index in [4.69, 9.17) is 4.74 Å². The molecule has 0 aromatic heterocycles. The molecular weight excluding hydrogens is 574 g/mol. The molecule has 1 unspecified atom stereocenters. The number of hydrogen-bond acceptors (Lipinski definition) is 13. The molecule has 17 heteroatoms. The first-order chi connectivity index (χ1) is 20.0. The topological polar surface area (TPSA) is 233 Å². The molecule has 0 saturated carbocycles. The van der Waals surface area contributed by atoms with Gasteiger partial charge in [-0.1, -0.05) is 12.6 Å². The number of carbonyl (C=O) groups excluding carboxylic acids is 3. The fourth-order valence-electron chi connectivity index (χ4n) is 4.72. The van der Waals surface area contributed by atoms with Gasteiger partial charge in [-0.05, 0) is 28.9 Å². The number of halogens is 1. The summed E-state index contributed by atoms with van der Waals surface area (Å²) in [6.45, 7) is 5.17. The molecule has 2 aliphatic heterocycles. The summed E-state index contributed by atoms with van der Waals surface area (Å²) in [5, 5.41) is 77.1. The van der Waals surface area contributed by atoms with Gasteiger partial charge in [0.2, 0.25) is 0 Å². The number of nitrogens with one attached hydrogen (secondary N) is 2. The lowest BCUT2D eigenvalue weighted by molar-refractivity contribution is -0.398. The van der Waals surface area contributed by atoms with Crippen LogP contribution < -0.4 is 10.6 Å². The molecule has 1 aromatic rings. The van der Waals surface area contributed by atoms with Crippen LogP contribution in [0.15, 0.2) is 53.0 Å². The van der Waals surface area contributed by atoms with Crippen LogP contribution in [-0.2, 0) is 32.2 Å². The van der Waals surface area contributed by atoms with Crippen molar-refractivity contribution in [3.8, 4) is 0 Å². The quantitative estimate of drug-likeness (QED) is 0.0388. The predicted molar refractivity (Wildman–Crippen MR) is 147 cm³/mol. The van der Waals surface area contributed by atoms with E-state index in [1.165, 1.54) is 13.9 Å². The van der Waals surface area contributed by atoms with Crippen LogP contribution in [0.5, 0.6) is 0 Å². The molecule has 1 aromatic carbocycles. The number of aliphatic hydroxyl groups is 7. The Labute approximate surface area is 246 Å². The summed E-state index contributed by atoms with van der Waals surface area (Å²) in [7, 11) is 2.27. The van der Waals surface area contributed by atoms with E-state index in [1.54, 1.807) is 12.1 Å². The van der Waals surface area contributed by atoms with Crippen LogP contribution in [0.1, 0.15) is 11.1 Å². The smallest absolute Gasteiger partial charge is 0.285 e. The Morgan fingerprint density at radius 1 is 1.19 bits per heavy atom. The van der Waals surface area contributed by atoms with Gasteiger partial charge in [0.25, 0.3) is 29.1 Å². The molecule has 2 fully saturated rings. The SMILES string of the molecule is B/C(NCc1cc(CN2CCOCC2)ccc1F)=C1/CN(C(O)(C(=O)NC)C(O)(O)C(O)(O)C=O)C(=O)/C1=C(\O)C(=C)O. The molecule has 0 aliphatic carbocycles. The second kappa shape index (κ2) is 12.8. The van der Waals surface area contributed by atoms with Crippen LogP contribution in [0.4, 0.5) is 4.39 Å². The van der Waals surface area contributed by atoms with Crippen LogP contribution in [0.3, 0.4) is 0 Å². The van der Waals surface area contributed by atoms with Crippen molar-refractivity contribution in [1.29, 1.82) is 0 Å². The monoisotopic (exact) mass is 608 g/mol. The van der Waals surface area contributed by atoms with Crippen molar-refractivity contribution in [2.75, 3.05) is 39.9 Å². The lowest BCUT2D eigenvalue weighted by atomic mass is 9.91. The third-order valence-corrected chi connectivity index (χ3v) is 7.30. The molecule has 1 atom stereocenters. The normalized spacial score (nSPS) is 20.3. The summed E-state index contributed by atoms with van der Waals surface area (Å²) >= 11 is 0. The van der Waals surface area contributed by atoms with Crippen molar-refractivity contribution < 1.29 is 59.3 Å². The number of benzene rings is 1. The van der Waals surface area contributed by atoms with Crippen molar-refractivity contribution in [3.05, 3.63) is 70.0 Å². The number of morpholine rings is 1. The number of amides is 2. The van der Waals surface area contributed by atoms with Crippen molar-refractivity contribution in [2.24, 2.45) is 0 Å². The van der Waals surface area contributed by atoms with E-state index in [2.05, 4.69) is 16.8 Å². The predicted octanol–water partition coefficient (Wildman–Crippen LogP) is -3.69. The molecule has 2 amide bonds. The number of carbonyl (C=O) groups is 3. The largest absolute Gasteiger partial charge is 0.505 e. The molecule has 15 nitrogen and oxygen atoms in total. The molecule has 0 bridgehead atoms. The first-order valence-corrected chi connectivity index (χ1v) is 13.0. The number of nitrogens with zero attached hydrogens (tertiary/aromatic N) is 2. The van der Waals surface area contributed by atoms with E-state index in [1.807, 2.05) is 5.32 Å². The van der Waals surface area contributed by atoms with Gasteiger partial charge in [-0.15, -0.1) is 0 Å². The summed E-state index contributed by atoms with van der Waals surface area (Å²) in [4.78, 5) is 39.6. The van der Waals surface area contributed by atoms with Crippen LogP contribution >= 0.6 is 0 Å². The summed E-state index contributed by atoms with van der Waals surface area (Å²) in [6, 6.07) is 4.55. The lowest BCUT2D eigenvalue weighted by Crippen LogP contribution is -2.79. The summed E-state index contributed by atoms with van der Waals surface area (Å²) in [5.41, 5.74) is -3.92. The van der Waals surface area contributed by atoms with Gasteiger partial charge < -0.3 is 51.1 Å². The standard InChI is InChI=1S/C26H34BFN4O11/c1-14(34)20(35)19-17(12-32(22(19)36)25(40,23(37)29-2)26(41,42)24(38,39)13-33)21(27)30-10-16-9-15(3-4-18(16)28)11-31-5-7-43-8-6-31/h3-4,9,13,30,34-35,38-42H,1,5-8,10-12,27H2,2H3,(H,29,37)/b20-19-,21-17+. The minimum absolute atomic E-state index is 0.0343. The molecule has 3 rings (SSSR count). The molecule has 2 aliphatic rings. The number of likely N-dealkylation sites (N-methyl/N-ethyl adjacent to an activating group) is 1. The van der Waals surface area contributed by atoms with Crippen LogP contribution in [-0.4, -0.2) is 129 Å². The number of ether oxygens (including phenoxy) is 1. The van der Waals surface area contributed by atoms with Crippen LogP contribution in [0, 0.1) is 5.82 Å². The van der Waals surface area contributed by atoms with Gasteiger partial charge in [-0.25, -0.2) is 4.39 Å². The molecule has 0 radical (unpaired) electrons. The van der Waals surface area contributed by atoms with E-state index in [-0.39, 0.29) is 28.2 Å². The first-order valence-electron chi connectivity index (χ1n) is 13.0. The number of likely N-dealkylation sites (tertiary alicyclic amines) is 1. The van der Waals surface area contributed by atoms with Crippen LogP contribution in [0.2, 0.25) is 0 Å². The van der Waals surface area contributed by atoms with Crippen molar-refractivity contribution >= 4 is 25.9 Å². The summed E-state index contributed by atoms with van der Waals surface area (Å²) in [5.74, 6) is -14.6. The number of hydrogen-bond donors (Lipinski definition) is 9. The maximum atomic E-state index is 14.7. The van der Waals surface area contributed by atoms with E-state index in [9.17, 15) is 54.5 Å². The third kappa shape index (κ3) is 6.28. The third-order valence-electron chi connectivity index (χ3n) is 7.30.